The SMILES string of the molecule is COC1[C@@H](COP(=O)(O)OP(=O)(O)OP(=O)(O)O)O[C@@H](n2cnc3c(=O)[nH]c(N)nc32)[C@H]1OC. The smallest absolute Gasteiger partial charge is 0.376 e. The molecule has 3 unspecified atom stereocenters. The second-order valence-corrected chi connectivity index (χ2v) is 11.0. The van der Waals surface area contributed by atoms with Gasteiger partial charge in [-0.1, -0.05) is 0 Å². The van der Waals surface area contributed by atoms with E-state index in [1.165, 1.54) is 25.1 Å². The number of nitrogen functional groups attached to an aromatic ring is 1. The number of phosphoric acid groups is 3. The highest BCUT2D eigenvalue weighted by molar-refractivity contribution is 7.66. The van der Waals surface area contributed by atoms with Crippen molar-refractivity contribution in [3.63, 3.8) is 0 Å². The maximum Gasteiger partial charge on any atom is 0.490 e. The van der Waals surface area contributed by atoms with Crippen LogP contribution in [0.4, 0.5) is 5.95 Å². The zero-order valence-electron chi connectivity index (χ0n) is 17.2. The molecule has 0 aliphatic carbocycles. The summed E-state index contributed by atoms with van der Waals surface area (Å²) in [5.74, 6) is -0.196. The first-order chi connectivity index (χ1) is 15.7. The number of rotatable bonds is 10. The lowest BCUT2D eigenvalue weighted by molar-refractivity contribution is -0.0577. The minimum atomic E-state index is -5.69. The van der Waals surface area contributed by atoms with Gasteiger partial charge in [0.25, 0.3) is 5.56 Å². The molecule has 3 heterocycles. The number of aromatic nitrogens is 4. The Labute approximate surface area is 189 Å². The minimum Gasteiger partial charge on any atom is -0.376 e. The van der Waals surface area contributed by atoms with E-state index in [4.69, 9.17) is 29.7 Å². The van der Waals surface area contributed by atoms with Crippen LogP contribution in [-0.2, 0) is 41.1 Å². The zero-order chi connectivity index (χ0) is 25.5. The van der Waals surface area contributed by atoms with Crippen LogP contribution < -0.4 is 11.3 Å². The number of ether oxygens (including phenoxy) is 3. The monoisotopic (exact) mass is 551 g/mol. The van der Waals surface area contributed by atoms with Crippen molar-refractivity contribution >= 4 is 40.6 Å². The van der Waals surface area contributed by atoms with Crippen LogP contribution in [0.25, 0.3) is 11.2 Å². The molecule has 3 rings (SSSR count). The average molecular weight is 551 g/mol. The van der Waals surface area contributed by atoms with E-state index in [1.807, 2.05) is 0 Å². The average Bonchev–Trinajstić information content (AvgIpc) is 3.23. The van der Waals surface area contributed by atoms with Crippen LogP contribution in [0.15, 0.2) is 11.1 Å². The summed E-state index contributed by atoms with van der Waals surface area (Å²) in [7, 11) is -14.0. The Morgan fingerprint density at radius 2 is 1.76 bits per heavy atom. The van der Waals surface area contributed by atoms with Crippen LogP contribution in [0.2, 0.25) is 0 Å². The lowest BCUT2D eigenvalue weighted by Crippen LogP contribution is -2.37. The first-order valence-corrected chi connectivity index (χ1v) is 13.4. The van der Waals surface area contributed by atoms with Gasteiger partial charge in [0.1, 0.15) is 18.3 Å². The lowest BCUT2D eigenvalue weighted by Gasteiger charge is -2.22. The van der Waals surface area contributed by atoms with Gasteiger partial charge in [0.15, 0.2) is 17.4 Å². The lowest BCUT2D eigenvalue weighted by atomic mass is 10.1. The number of H-pyrrole nitrogens is 1. The van der Waals surface area contributed by atoms with Crippen molar-refractivity contribution < 1.29 is 60.6 Å². The van der Waals surface area contributed by atoms with Crippen molar-refractivity contribution in [2.24, 2.45) is 0 Å². The van der Waals surface area contributed by atoms with Gasteiger partial charge in [-0.2, -0.15) is 13.6 Å². The predicted octanol–water partition coefficient (Wildman–Crippen LogP) is -1.03. The fraction of sp³-hybridized carbons (Fsp3) is 0.583. The van der Waals surface area contributed by atoms with Gasteiger partial charge < -0.3 is 39.5 Å². The molecule has 0 radical (unpaired) electrons. The summed E-state index contributed by atoms with van der Waals surface area (Å²) < 4.78 is 64.0. The third kappa shape index (κ3) is 6.16. The molecule has 2 aromatic heterocycles. The highest BCUT2D eigenvalue weighted by Crippen LogP contribution is 2.66. The van der Waals surface area contributed by atoms with E-state index in [9.17, 15) is 28.3 Å². The van der Waals surface area contributed by atoms with Crippen molar-refractivity contribution in [3.8, 4) is 0 Å². The number of methoxy groups -OCH3 is 2. The molecule has 0 amide bonds. The maximum absolute atomic E-state index is 12.0. The molecule has 1 aliphatic rings. The molecule has 6 atom stereocenters. The third-order valence-electron chi connectivity index (χ3n) is 4.37. The van der Waals surface area contributed by atoms with Gasteiger partial charge in [0.05, 0.1) is 12.9 Å². The molecule has 1 saturated heterocycles. The van der Waals surface area contributed by atoms with E-state index in [0.717, 1.165) is 0 Å². The van der Waals surface area contributed by atoms with Gasteiger partial charge in [0.2, 0.25) is 5.95 Å². The Hall–Kier alpha value is -1.56. The number of nitrogens with zero attached hydrogens (tertiary/aromatic N) is 3. The number of hydrogen-bond donors (Lipinski definition) is 6. The predicted molar refractivity (Wildman–Crippen MR) is 108 cm³/mol. The third-order valence-corrected chi connectivity index (χ3v) is 8.18. The molecule has 7 N–H and O–H groups in total. The largest absolute Gasteiger partial charge is 0.490 e. The maximum atomic E-state index is 12.0. The van der Waals surface area contributed by atoms with Gasteiger partial charge >= 0.3 is 23.5 Å². The molecule has 2 aromatic rings. The number of hydrogen-bond acceptors (Lipinski definition) is 13. The highest BCUT2D eigenvalue weighted by atomic mass is 31.3. The fourth-order valence-corrected chi connectivity index (χ4v) is 6.23. The summed E-state index contributed by atoms with van der Waals surface area (Å²) in [4.78, 5) is 58.4. The van der Waals surface area contributed by atoms with Crippen molar-refractivity contribution in [3.05, 3.63) is 16.7 Å². The topological polar surface area (TPSA) is 277 Å². The quantitative estimate of drug-likeness (QED) is 0.193. The Bertz CT molecular complexity index is 1240. The number of nitrogens with two attached hydrogens (primary N) is 1. The number of anilines is 1. The highest BCUT2D eigenvalue weighted by Gasteiger charge is 2.49. The standard InChI is InChI=1S/C12H20N5O14P3/c1-26-7-5(3-28-33(22,23)31-34(24,25)30-32(19,20)21)29-11(8(7)27-2)17-4-14-6-9(17)15-12(13)16-10(6)18/h4-5,7-8,11H,3H2,1-2H3,(H,22,23)(H,24,25)(H2,19,20,21)(H3,13,15,16,18)/t5-,7?,8+,11-/m1/s1. The summed E-state index contributed by atoms with van der Waals surface area (Å²) in [6.07, 6.45) is -2.86. The summed E-state index contributed by atoms with van der Waals surface area (Å²) in [5, 5.41) is 0. The van der Waals surface area contributed by atoms with Crippen LogP contribution in [0.3, 0.4) is 0 Å². The Morgan fingerprint density at radius 3 is 2.35 bits per heavy atom. The van der Waals surface area contributed by atoms with Gasteiger partial charge in [-0.15, -0.1) is 0 Å². The Balaban J connectivity index is 1.80. The molecule has 19 nitrogen and oxygen atoms in total. The molecule has 1 fully saturated rings. The number of nitrogens with one attached hydrogen (secondary N) is 1. The van der Waals surface area contributed by atoms with Gasteiger partial charge in [-0.05, 0) is 0 Å². The first kappa shape index (κ1) is 27.0. The second-order valence-electron chi connectivity index (χ2n) is 6.63. The van der Waals surface area contributed by atoms with Crippen LogP contribution >= 0.6 is 23.5 Å². The first-order valence-electron chi connectivity index (χ1n) is 8.88. The molecule has 0 aromatic carbocycles. The second kappa shape index (κ2) is 9.83. The minimum absolute atomic E-state index is 0.0386. The Kier molecular flexibility index (Phi) is 7.82. The van der Waals surface area contributed by atoms with E-state index in [2.05, 4.69) is 28.1 Å². The molecule has 22 heteroatoms. The molecule has 0 spiro atoms. The molecule has 1 aliphatic heterocycles. The van der Waals surface area contributed by atoms with E-state index >= 15 is 0 Å². The number of imidazole rings is 1. The normalized spacial score (nSPS) is 27.0. The Morgan fingerprint density at radius 1 is 1.12 bits per heavy atom. The van der Waals surface area contributed by atoms with Crippen molar-refractivity contribution in [1.29, 1.82) is 0 Å². The van der Waals surface area contributed by atoms with Crippen molar-refractivity contribution in [2.75, 3.05) is 26.6 Å². The number of aromatic amines is 1. The number of phosphoric ester groups is 1. The summed E-state index contributed by atoms with van der Waals surface area (Å²) in [6, 6.07) is 0. The van der Waals surface area contributed by atoms with Gasteiger partial charge in [0, 0.05) is 14.2 Å². The van der Waals surface area contributed by atoms with E-state index < -0.39 is 60.2 Å². The van der Waals surface area contributed by atoms with E-state index in [-0.39, 0.29) is 17.1 Å². The number of fused-ring (bicyclic) bond motifs is 1. The van der Waals surface area contributed by atoms with Crippen molar-refractivity contribution in [1.82, 2.24) is 19.5 Å². The van der Waals surface area contributed by atoms with Crippen molar-refractivity contribution in [2.45, 2.75) is 24.5 Å². The molecule has 192 valence electrons. The van der Waals surface area contributed by atoms with E-state index in [1.54, 1.807) is 0 Å². The summed E-state index contributed by atoms with van der Waals surface area (Å²) in [5.41, 5.74) is 4.96. The van der Waals surface area contributed by atoms with Crippen LogP contribution in [0, 0.1) is 0 Å². The molecular weight excluding hydrogens is 531 g/mol. The van der Waals surface area contributed by atoms with E-state index in [0.29, 0.717) is 0 Å². The summed E-state index contributed by atoms with van der Waals surface area (Å²) in [6.45, 7) is -0.790. The van der Waals surface area contributed by atoms with Gasteiger partial charge in [-0.25, -0.2) is 18.7 Å². The molecule has 34 heavy (non-hydrogen) atoms. The zero-order valence-corrected chi connectivity index (χ0v) is 19.9. The van der Waals surface area contributed by atoms with Crippen LogP contribution in [-0.4, -0.2) is 78.2 Å². The molecular formula is C12H20N5O14P3. The fourth-order valence-electron chi connectivity index (χ4n) is 3.20. The molecule has 0 saturated carbocycles. The molecule has 0 bridgehead atoms. The van der Waals surface area contributed by atoms with Crippen LogP contribution in [0.5, 0.6) is 0 Å². The van der Waals surface area contributed by atoms with Gasteiger partial charge in [-0.3, -0.25) is 18.9 Å². The van der Waals surface area contributed by atoms with Crippen LogP contribution in [0.1, 0.15) is 6.23 Å². The summed E-state index contributed by atoms with van der Waals surface area (Å²) >= 11 is 0.